The zero-order valence-electron chi connectivity index (χ0n) is 17.4. The number of carbonyl (C=O) groups is 1. The average Bonchev–Trinajstić information content (AvgIpc) is 3.12. The van der Waals surface area contributed by atoms with Crippen LogP contribution in [0, 0.1) is 0 Å². The van der Waals surface area contributed by atoms with Crippen molar-refractivity contribution >= 4 is 29.9 Å². The lowest BCUT2D eigenvalue weighted by atomic mass is 9.81. The number of H-pyrrole nitrogens is 1. The number of carbonyl (C=O) groups excluding carboxylic acids is 1. The third-order valence-electron chi connectivity index (χ3n) is 5.56. The van der Waals surface area contributed by atoms with Crippen LogP contribution in [0.15, 0.2) is 12.1 Å². The normalized spacial score (nSPS) is 21.7. The zero-order valence-corrected chi connectivity index (χ0v) is 18.3. The second-order valence-electron chi connectivity index (χ2n) is 8.10. The summed E-state index contributed by atoms with van der Waals surface area (Å²) in [5, 5.41) is 27.5. The number of aromatic nitrogens is 4. The van der Waals surface area contributed by atoms with E-state index in [9.17, 15) is 23.1 Å². The Hall–Kier alpha value is -2.60. The fourth-order valence-corrected chi connectivity index (χ4v) is 4.08. The first-order valence-electron chi connectivity index (χ1n) is 10.0. The van der Waals surface area contributed by atoms with Gasteiger partial charge in [0.2, 0.25) is 11.8 Å². The lowest BCUT2D eigenvalue weighted by Gasteiger charge is -2.36. The molecule has 0 radical (unpaired) electrons. The molecule has 1 saturated heterocycles. The average molecular weight is 477 g/mol. The molecule has 1 amide bonds. The van der Waals surface area contributed by atoms with Crippen molar-refractivity contribution in [2.45, 2.75) is 56.9 Å². The van der Waals surface area contributed by atoms with Gasteiger partial charge < -0.3 is 20.1 Å². The number of piperidine rings is 1. The number of alkyl halides is 3. The highest BCUT2D eigenvalue weighted by Crippen LogP contribution is 2.49. The molecule has 176 valence electrons. The van der Waals surface area contributed by atoms with Crippen molar-refractivity contribution in [2.24, 2.45) is 0 Å². The molecule has 0 spiro atoms. The van der Waals surface area contributed by atoms with E-state index in [1.54, 1.807) is 12.1 Å². The second kappa shape index (κ2) is 8.74. The van der Waals surface area contributed by atoms with Crippen LogP contribution in [0.3, 0.4) is 0 Å². The highest BCUT2D eigenvalue weighted by atomic mass is 35.5. The molecule has 2 aromatic rings. The lowest BCUT2D eigenvalue weighted by molar-refractivity contribution is -0.267. The van der Waals surface area contributed by atoms with Gasteiger partial charge in [-0.3, -0.25) is 9.89 Å². The smallest absolute Gasteiger partial charge is 0.422 e. The molecular formula is C19H24ClF3N6O3. The highest BCUT2D eigenvalue weighted by molar-refractivity contribution is 5.94. The van der Waals surface area contributed by atoms with Crippen LogP contribution >= 0.6 is 12.4 Å². The van der Waals surface area contributed by atoms with Crippen LogP contribution < -0.4 is 15.0 Å². The van der Waals surface area contributed by atoms with Crippen molar-refractivity contribution in [1.82, 2.24) is 20.4 Å². The summed E-state index contributed by atoms with van der Waals surface area (Å²) < 4.78 is 46.6. The third-order valence-corrected chi connectivity index (χ3v) is 5.56. The Morgan fingerprint density at radius 1 is 1.25 bits per heavy atom. The van der Waals surface area contributed by atoms with Gasteiger partial charge in [0, 0.05) is 30.8 Å². The summed E-state index contributed by atoms with van der Waals surface area (Å²) in [5.41, 5.74) is -3.43. The number of rotatable bonds is 4. The Balaban J connectivity index is 0.00000289. The molecule has 2 aliphatic rings. The first-order valence-corrected chi connectivity index (χ1v) is 10.0. The molecule has 0 aromatic carbocycles. The number of hydrogen-bond donors (Lipinski definition) is 3. The Labute approximate surface area is 188 Å². The maximum absolute atomic E-state index is 13.7. The molecule has 9 nitrogen and oxygen atoms in total. The van der Waals surface area contributed by atoms with Crippen molar-refractivity contribution in [3.63, 3.8) is 0 Å². The molecule has 4 rings (SSSR count). The van der Waals surface area contributed by atoms with E-state index in [1.165, 1.54) is 0 Å². The van der Waals surface area contributed by atoms with Crippen molar-refractivity contribution in [3.05, 3.63) is 23.4 Å². The molecule has 2 aromatic heterocycles. The molecule has 2 aliphatic heterocycles. The first-order chi connectivity index (χ1) is 14.6. The van der Waals surface area contributed by atoms with E-state index in [-0.39, 0.29) is 41.5 Å². The van der Waals surface area contributed by atoms with Gasteiger partial charge in [-0.25, -0.2) is 0 Å². The fourth-order valence-electron chi connectivity index (χ4n) is 4.08. The Bertz CT molecular complexity index is 960. The summed E-state index contributed by atoms with van der Waals surface area (Å²) in [7, 11) is 0. The molecule has 0 saturated carbocycles. The molecule has 0 bridgehead atoms. The van der Waals surface area contributed by atoms with E-state index < -0.39 is 24.1 Å². The largest absolute Gasteiger partial charge is 0.474 e. The molecule has 13 heteroatoms. The monoisotopic (exact) mass is 476 g/mol. The molecule has 3 N–H and O–H groups in total. The van der Waals surface area contributed by atoms with Gasteiger partial charge in [-0.15, -0.1) is 22.6 Å². The molecule has 1 atom stereocenters. The lowest BCUT2D eigenvalue weighted by Crippen LogP contribution is -2.49. The number of amides is 1. The predicted molar refractivity (Wildman–Crippen MR) is 111 cm³/mol. The maximum Gasteiger partial charge on any atom is 0.422 e. The molecule has 1 fully saturated rings. The number of nitrogens with one attached hydrogen (secondary N) is 2. The van der Waals surface area contributed by atoms with E-state index in [0.717, 1.165) is 0 Å². The number of halogens is 4. The quantitative estimate of drug-likeness (QED) is 0.621. The standard InChI is InChI=1S/C19H23F3N6O3.ClH/c1-10(2)31-14-4-3-12(24-25-14)28-7-5-11(6-8-28)16-15-17(27-26-16)23-13(29)9-18(15,30)19(20,21)22;/h3-4,10-11,30H,5-9H2,1-2H3,(H2,23,26,27,29);1H. The highest BCUT2D eigenvalue weighted by Gasteiger charge is 2.61. The van der Waals surface area contributed by atoms with Crippen LogP contribution in [-0.2, 0) is 10.4 Å². The minimum absolute atomic E-state index is 0. The minimum Gasteiger partial charge on any atom is -0.474 e. The fraction of sp³-hybridized carbons (Fsp3) is 0.579. The SMILES string of the molecule is CC(C)Oc1ccc(N2CCC(c3[nH]nc4c3C(O)(C(F)(F)F)CC(=O)N4)CC2)nn1.Cl. The van der Waals surface area contributed by atoms with Crippen molar-refractivity contribution in [2.75, 3.05) is 23.3 Å². The first kappa shape index (κ1) is 24.1. The third kappa shape index (κ3) is 4.33. The number of hydrogen-bond acceptors (Lipinski definition) is 7. The van der Waals surface area contributed by atoms with E-state index in [2.05, 4.69) is 25.7 Å². The number of aliphatic hydroxyl groups is 1. The number of nitrogens with zero attached hydrogens (tertiary/aromatic N) is 4. The number of anilines is 2. The van der Waals surface area contributed by atoms with Gasteiger partial charge >= 0.3 is 6.18 Å². The Morgan fingerprint density at radius 3 is 2.50 bits per heavy atom. The van der Waals surface area contributed by atoms with Crippen molar-refractivity contribution in [3.8, 4) is 5.88 Å². The Morgan fingerprint density at radius 2 is 1.94 bits per heavy atom. The van der Waals surface area contributed by atoms with Gasteiger partial charge in [-0.05, 0) is 32.8 Å². The topological polar surface area (TPSA) is 116 Å². The summed E-state index contributed by atoms with van der Waals surface area (Å²) in [6, 6.07) is 3.52. The Kier molecular flexibility index (Phi) is 6.57. The number of aromatic amines is 1. The summed E-state index contributed by atoms with van der Waals surface area (Å²) >= 11 is 0. The van der Waals surface area contributed by atoms with Crippen LogP contribution in [0.25, 0.3) is 0 Å². The van der Waals surface area contributed by atoms with Gasteiger partial charge in [0.15, 0.2) is 17.2 Å². The van der Waals surface area contributed by atoms with Crippen LogP contribution in [0.4, 0.5) is 24.8 Å². The summed E-state index contributed by atoms with van der Waals surface area (Å²) in [4.78, 5) is 13.7. The van der Waals surface area contributed by atoms with Crippen LogP contribution in [-0.4, -0.2) is 56.8 Å². The number of ether oxygens (including phenoxy) is 1. The minimum atomic E-state index is -5.01. The molecular weight excluding hydrogens is 453 g/mol. The van der Waals surface area contributed by atoms with Gasteiger partial charge in [0.1, 0.15) is 0 Å². The molecule has 1 unspecified atom stereocenters. The molecule has 32 heavy (non-hydrogen) atoms. The summed E-state index contributed by atoms with van der Waals surface area (Å²) in [6.45, 7) is 4.85. The van der Waals surface area contributed by atoms with E-state index in [1.807, 2.05) is 18.7 Å². The second-order valence-corrected chi connectivity index (χ2v) is 8.10. The molecule has 0 aliphatic carbocycles. The van der Waals surface area contributed by atoms with E-state index in [4.69, 9.17) is 4.74 Å². The van der Waals surface area contributed by atoms with Crippen LogP contribution in [0.2, 0.25) is 0 Å². The van der Waals surface area contributed by atoms with Gasteiger partial charge in [-0.2, -0.15) is 18.3 Å². The van der Waals surface area contributed by atoms with Crippen LogP contribution in [0.5, 0.6) is 5.88 Å². The number of fused-ring (bicyclic) bond motifs is 1. The molecule has 4 heterocycles. The van der Waals surface area contributed by atoms with E-state index in [0.29, 0.717) is 37.6 Å². The van der Waals surface area contributed by atoms with Crippen molar-refractivity contribution < 1.29 is 27.8 Å². The predicted octanol–water partition coefficient (Wildman–Crippen LogP) is 2.88. The summed E-state index contributed by atoms with van der Waals surface area (Å²) in [5.74, 6) is -0.400. The van der Waals surface area contributed by atoms with Gasteiger partial charge in [0.25, 0.3) is 0 Å². The van der Waals surface area contributed by atoms with Crippen molar-refractivity contribution in [1.29, 1.82) is 0 Å². The zero-order chi connectivity index (χ0) is 22.4. The van der Waals surface area contributed by atoms with E-state index >= 15 is 0 Å². The van der Waals surface area contributed by atoms with Gasteiger partial charge in [-0.1, -0.05) is 0 Å². The van der Waals surface area contributed by atoms with Crippen LogP contribution in [0.1, 0.15) is 50.3 Å². The van der Waals surface area contributed by atoms with Gasteiger partial charge in [0.05, 0.1) is 18.1 Å². The summed E-state index contributed by atoms with van der Waals surface area (Å²) in [6.07, 6.45) is -5.08. The maximum atomic E-state index is 13.7.